The summed E-state index contributed by atoms with van der Waals surface area (Å²) in [5, 5.41) is 16.3. The van der Waals surface area contributed by atoms with E-state index in [4.69, 9.17) is 5.11 Å². The predicted octanol–water partition coefficient (Wildman–Crippen LogP) is -2.81. The third kappa shape index (κ3) is 3.84. The minimum absolute atomic E-state index is 0.556. The van der Waals surface area contributed by atoms with E-state index in [2.05, 4.69) is 5.84 Å². The SMILES string of the molecule is N[NH+]([O-])CO. The average molecular weight is 78.1 g/mol. The van der Waals surface area contributed by atoms with E-state index in [1.807, 2.05) is 0 Å². The lowest BCUT2D eigenvalue weighted by Crippen LogP contribution is -3.13. The Morgan fingerprint density at radius 3 is 2.20 bits per heavy atom. The average Bonchev–Trinajstić information content (AvgIpc) is 1.38. The highest BCUT2D eigenvalue weighted by atomic mass is 16.6. The van der Waals surface area contributed by atoms with E-state index in [-0.39, 0.29) is 0 Å². The summed E-state index contributed by atoms with van der Waals surface area (Å²) in [5.74, 6) is 4.40. The summed E-state index contributed by atoms with van der Waals surface area (Å²) >= 11 is 0. The first-order valence-corrected chi connectivity index (χ1v) is 1.16. The predicted molar refractivity (Wildman–Crippen MR) is 15.6 cm³/mol. The Balaban J connectivity index is 2.54. The lowest BCUT2D eigenvalue weighted by molar-refractivity contribution is -0.881. The number of nitrogens with two attached hydrogens (primary N) is 1. The van der Waals surface area contributed by atoms with E-state index < -0.39 is 11.9 Å². The number of rotatable bonds is 1. The number of hydroxylamine groups is 1. The van der Waals surface area contributed by atoms with Crippen molar-refractivity contribution in [2.24, 2.45) is 5.84 Å². The van der Waals surface area contributed by atoms with Gasteiger partial charge in [0.2, 0.25) is 0 Å². The number of aliphatic hydroxyl groups is 1. The first kappa shape index (κ1) is 4.84. The fourth-order valence-corrected chi connectivity index (χ4v) is 0. The third-order valence-corrected chi connectivity index (χ3v) is 0.156. The van der Waals surface area contributed by atoms with E-state index in [9.17, 15) is 5.21 Å². The quantitative estimate of drug-likeness (QED) is 0.180. The fraction of sp³-hybridized carbons (Fsp3) is 1.00. The van der Waals surface area contributed by atoms with E-state index in [1.54, 1.807) is 0 Å². The maximum atomic E-state index is 9.34. The normalized spacial score (nSPS) is 15.0. The third-order valence-electron chi connectivity index (χ3n) is 0.156. The van der Waals surface area contributed by atoms with Crippen molar-refractivity contribution >= 4 is 0 Å². The molecule has 0 aromatic carbocycles. The zero-order valence-electron chi connectivity index (χ0n) is 2.64. The van der Waals surface area contributed by atoms with Gasteiger partial charge in [0.25, 0.3) is 0 Å². The summed E-state index contributed by atoms with van der Waals surface area (Å²) in [6.07, 6.45) is 0. The van der Waals surface area contributed by atoms with Gasteiger partial charge in [-0.1, -0.05) is 0 Å². The van der Waals surface area contributed by atoms with Crippen LogP contribution in [0.25, 0.3) is 0 Å². The molecule has 4 nitrogen and oxygen atoms in total. The maximum Gasteiger partial charge on any atom is 0.196 e. The van der Waals surface area contributed by atoms with Gasteiger partial charge in [-0.25, -0.2) is 0 Å². The van der Waals surface area contributed by atoms with Gasteiger partial charge in [0.1, 0.15) is 0 Å². The Hall–Kier alpha value is -0.160. The minimum atomic E-state index is -0.690. The molecule has 1 atom stereocenters. The van der Waals surface area contributed by atoms with E-state index in [0.717, 1.165) is 0 Å². The second-order valence-electron chi connectivity index (χ2n) is 0.624. The maximum absolute atomic E-state index is 9.34. The topological polar surface area (TPSA) is 73.8 Å². The molecule has 4 N–H and O–H groups in total. The Bertz CT molecular complexity index is 21.6. The van der Waals surface area contributed by atoms with Crippen LogP contribution in [0.3, 0.4) is 0 Å². The van der Waals surface area contributed by atoms with Gasteiger partial charge in [-0.05, 0) is 0 Å². The van der Waals surface area contributed by atoms with Crippen LogP contribution in [0, 0.1) is 5.21 Å². The van der Waals surface area contributed by atoms with Crippen molar-refractivity contribution in [3.05, 3.63) is 5.21 Å². The molecule has 0 saturated heterocycles. The highest BCUT2D eigenvalue weighted by Gasteiger charge is 1.69. The van der Waals surface area contributed by atoms with Crippen molar-refractivity contribution in [3.8, 4) is 0 Å². The van der Waals surface area contributed by atoms with Crippen LogP contribution in [0.1, 0.15) is 0 Å². The van der Waals surface area contributed by atoms with Crippen molar-refractivity contribution in [1.82, 2.24) is 0 Å². The lowest BCUT2D eigenvalue weighted by Gasteiger charge is -2.07. The smallest absolute Gasteiger partial charge is 0.196 e. The molecule has 1 unspecified atom stereocenters. The summed E-state index contributed by atoms with van der Waals surface area (Å²) in [4.78, 5) is 0. The molecule has 0 aromatic rings. The van der Waals surface area contributed by atoms with Crippen molar-refractivity contribution in [2.45, 2.75) is 0 Å². The summed E-state index contributed by atoms with van der Waals surface area (Å²) < 4.78 is 0. The molecule has 32 valence electrons. The molecule has 0 aromatic heterocycles. The number of hydrogen-bond donors (Lipinski definition) is 3. The second kappa shape index (κ2) is 2.10. The first-order chi connectivity index (χ1) is 2.27. The standard InChI is InChI=1S/CH6N2O2/c2-3(5)1-4/h3-4H,1-2H2. The fourth-order valence-electron chi connectivity index (χ4n) is 0. The van der Waals surface area contributed by atoms with Crippen LogP contribution in [0.15, 0.2) is 0 Å². The Labute approximate surface area is 29.4 Å². The number of quaternary nitrogens is 1. The molecule has 0 spiro atoms. The molecule has 0 saturated carbocycles. The summed E-state index contributed by atoms with van der Waals surface area (Å²) in [6, 6.07) is 0. The van der Waals surface area contributed by atoms with Crippen LogP contribution in [-0.4, -0.2) is 11.8 Å². The number of aliphatic hydroxyl groups excluding tert-OH is 1. The van der Waals surface area contributed by atoms with Gasteiger partial charge in [0, 0.05) is 0 Å². The minimum Gasteiger partial charge on any atom is -0.612 e. The molecule has 0 rings (SSSR count). The Kier molecular flexibility index (Phi) is 2.03. The molecule has 5 heavy (non-hydrogen) atoms. The monoisotopic (exact) mass is 78.0 g/mol. The Morgan fingerprint density at radius 2 is 2.20 bits per heavy atom. The molecule has 0 heterocycles. The number of hydrogen-bond acceptors (Lipinski definition) is 3. The molecule has 0 aliphatic carbocycles. The van der Waals surface area contributed by atoms with Crippen molar-refractivity contribution < 1.29 is 10.3 Å². The molecule has 0 aliphatic heterocycles. The van der Waals surface area contributed by atoms with Gasteiger partial charge in [0.15, 0.2) is 6.73 Å². The van der Waals surface area contributed by atoms with Crippen molar-refractivity contribution in [1.29, 1.82) is 0 Å². The van der Waals surface area contributed by atoms with Gasteiger partial charge < -0.3 is 10.3 Å². The summed E-state index contributed by atoms with van der Waals surface area (Å²) in [7, 11) is 0. The Morgan fingerprint density at radius 1 is 2.00 bits per heavy atom. The zero-order valence-corrected chi connectivity index (χ0v) is 2.64. The number of nitrogens with one attached hydrogen (secondary N) is 1. The highest BCUT2D eigenvalue weighted by molar-refractivity contribution is 3.87. The highest BCUT2D eigenvalue weighted by Crippen LogP contribution is 1.11. The van der Waals surface area contributed by atoms with Gasteiger partial charge in [-0.15, -0.1) is 0 Å². The van der Waals surface area contributed by atoms with Crippen LogP contribution < -0.4 is 11.0 Å². The van der Waals surface area contributed by atoms with Crippen LogP contribution in [0.2, 0.25) is 0 Å². The van der Waals surface area contributed by atoms with Gasteiger partial charge in [-0.3, -0.25) is 5.17 Å². The van der Waals surface area contributed by atoms with Crippen molar-refractivity contribution in [2.75, 3.05) is 6.73 Å². The molecule has 0 amide bonds. The molecule has 0 bridgehead atoms. The molecule has 4 heteroatoms. The second-order valence-corrected chi connectivity index (χ2v) is 0.624. The molecule has 0 aliphatic rings. The van der Waals surface area contributed by atoms with Crippen LogP contribution >= 0.6 is 0 Å². The first-order valence-electron chi connectivity index (χ1n) is 1.16. The zero-order chi connectivity index (χ0) is 4.28. The van der Waals surface area contributed by atoms with Crippen LogP contribution in [-0.2, 0) is 0 Å². The molecular weight excluding hydrogens is 72.0 g/mol. The van der Waals surface area contributed by atoms with Crippen LogP contribution in [0.4, 0.5) is 0 Å². The van der Waals surface area contributed by atoms with E-state index >= 15 is 0 Å². The van der Waals surface area contributed by atoms with Gasteiger partial charge in [0.05, 0.1) is 0 Å². The summed E-state index contributed by atoms with van der Waals surface area (Å²) in [5.41, 5.74) is 0. The molecule has 0 fully saturated rings. The van der Waals surface area contributed by atoms with Gasteiger partial charge >= 0.3 is 0 Å². The lowest BCUT2D eigenvalue weighted by atomic mass is 11.3. The van der Waals surface area contributed by atoms with Gasteiger partial charge in [-0.2, -0.15) is 5.84 Å². The largest absolute Gasteiger partial charge is 0.612 e. The van der Waals surface area contributed by atoms with E-state index in [1.165, 1.54) is 0 Å². The molecular formula is CH6N2O2. The van der Waals surface area contributed by atoms with E-state index in [0.29, 0.717) is 0 Å². The van der Waals surface area contributed by atoms with Crippen LogP contribution in [0.5, 0.6) is 0 Å². The summed E-state index contributed by atoms with van der Waals surface area (Å²) in [6.45, 7) is -0.556. The van der Waals surface area contributed by atoms with Crippen molar-refractivity contribution in [3.63, 3.8) is 0 Å². The molecule has 0 radical (unpaired) electrons.